The second-order valence-electron chi connectivity index (χ2n) is 4.05. The van der Waals surface area contributed by atoms with E-state index in [0.717, 1.165) is 10.0 Å². The Morgan fingerprint density at radius 1 is 1.11 bits per heavy atom. The van der Waals surface area contributed by atoms with Crippen molar-refractivity contribution in [1.82, 2.24) is 0 Å². The van der Waals surface area contributed by atoms with Crippen LogP contribution in [0.15, 0.2) is 53.0 Å². The topological polar surface area (TPSA) is 46.2 Å². The minimum atomic E-state index is -0.826. The lowest BCUT2D eigenvalue weighted by Crippen LogP contribution is -2.19. The van der Waals surface area contributed by atoms with Crippen LogP contribution in [0.3, 0.4) is 0 Å². The zero-order chi connectivity index (χ0) is 13.1. The molecule has 0 radical (unpaired) electrons. The van der Waals surface area contributed by atoms with Crippen LogP contribution in [0.5, 0.6) is 0 Å². The van der Waals surface area contributed by atoms with Crippen LogP contribution in [0.25, 0.3) is 0 Å². The molecule has 0 aliphatic carbocycles. The van der Waals surface area contributed by atoms with Crippen molar-refractivity contribution >= 4 is 27.5 Å². The van der Waals surface area contributed by atoms with Gasteiger partial charge in [-0.05, 0) is 17.7 Å². The van der Waals surface area contributed by atoms with Gasteiger partial charge in [0, 0.05) is 15.1 Å². The van der Waals surface area contributed by atoms with Gasteiger partial charge in [-0.2, -0.15) is 0 Å². The van der Waals surface area contributed by atoms with Gasteiger partial charge in [0.25, 0.3) is 0 Å². The summed E-state index contributed by atoms with van der Waals surface area (Å²) in [5.74, 6) is 0. The molecule has 0 saturated heterocycles. The molecule has 2 aromatic rings. The van der Waals surface area contributed by atoms with E-state index in [4.69, 9.17) is 17.3 Å². The molecule has 94 valence electrons. The molecule has 2 unspecified atom stereocenters. The van der Waals surface area contributed by atoms with Gasteiger partial charge in [0.1, 0.15) is 0 Å². The number of aliphatic hydroxyl groups is 1. The fourth-order valence-corrected chi connectivity index (χ4v) is 2.58. The Morgan fingerprint density at radius 2 is 1.78 bits per heavy atom. The molecular weight excluding hydrogens is 314 g/mol. The molecular formula is C14H13BrClNO. The van der Waals surface area contributed by atoms with E-state index in [9.17, 15) is 5.11 Å². The van der Waals surface area contributed by atoms with E-state index in [0.29, 0.717) is 10.6 Å². The minimum absolute atomic E-state index is 0.495. The van der Waals surface area contributed by atoms with Crippen LogP contribution in [0.1, 0.15) is 23.3 Å². The summed E-state index contributed by atoms with van der Waals surface area (Å²) >= 11 is 9.44. The van der Waals surface area contributed by atoms with Crippen LogP contribution in [-0.4, -0.2) is 5.11 Å². The quantitative estimate of drug-likeness (QED) is 0.900. The summed E-state index contributed by atoms with van der Waals surface area (Å²) in [5, 5.41) is 10.8. The van der Waals surface area contributed by atoms with Crippen LogP contribution >= 0.6 is 27.5 Å². The van der Waals surface area contributed by atoms with Gasteiger partial charge in [-0.1, -0.05) is 63.9 Å². The van der Waals surface area contributed by atoms with Gasteiger partial charge < -0.3 is 10.8 Å². The van der Waals surface area contributed by atoms with E-state index in [1.54, 1.807) is 12.1 Å². The van der Waals surface area contributed by atoms with Gasteiger partial charge in [-0.3, -0.25) is 0 Å². The molecule has 0 aromatic heterocycles. The number of nitrogens with two attached hydrogens (primary N) is 1. The molecule has 4 heteroatoms. The summed E-state index contributed by atoms with van der Waals surface area (Å²) in [6.07, 6.45) is -0.826. The molecule has 0 saturated carbocycles. The van der Waals surface area contributed by atoms with E-state index in [-0.39, 0.29) is 0 Å². The average Bonchev–Trinajstić information content (AvgIpc) is 2.38. The molecule has 0 spiro atoms. The van der Waals surface area contributed by atoms with Gasteiger partial charge in [-0.15, -0.1) is 0 Å². The molecule has 2 rings (SSSR count). The molecule has 2 atom stereocenters. The van der Waals surface area contributed by atoms with Gasteiger partial charge in [0.2, 0.25) is 0 Å². The van der Waals surface area contributed by atoms with Gasteiger partial charge in [0.15, 0.2) is 0 Å². The van der Waals surface area contributed by atoms with Crippen molar-refractivity contribution in [2.45, 2.75) is 12.1 Å². The third kappa shape index (κ3) is 2.93. The SMILES string of the molecule is NC(c1ccccc1)C(O)c1ccc(Br)cc1Cl. The third-order valence-corrected chi connectivity index (χ3v) is 3.63. The summed E-state index contributed by atoms with van der Waals surface area (Å²) in [7, 11) is 0. The Labute approximate surface area is 120 Å². The standard InChI is InChI=1S/C14H13BrClNO/c15-10-6-7-11(12(16)8-10)14(18)13(17)9-4-2-1-3-5-9/h1-8,13-14,18H,17H2. The zero-order valence-corrected chi connectivity index (χ0v) is 11.9. The van der Waals surface area contributed by atoms with Gasteiger partial charge in [-0.25, -0.2) is 0 Å². The minimum Gasteiger partial charge on any atom is -0.386 e. The van der Waals surface area contributed by atoms with Crippen molar-refractivity contribution in [2.24, 2.45) is 5.73 Å². The summed E-state index contributed by atoms with van der Waals surface area (Å²) in [6.45, 7) is 0. The zero-order valence-electron chi connectivity index (χ0n) is 9.55. The lowest BCUT2D eigenvalue weighted by Gasteiger charge is -2.20. The average molecular weight is 327 g/mol. The number of aliphatic hydroxyl groups excluding tert-OH is 1. The number of hydrogen-bond acceptors (Lipinski definition) is 2. The Balaban J connectivity index is 2.28. The first-order chi connectivity index (χ1) is 8.59. The first-order valence-corrected chi connectivity index (χ1v) is 6.70. The van der Waals surface area contributed by atoms with Crippen LogP contribution in [0, 0.1) is 0 Å². The second kappa shape index (κ2) is 5.85. The number of hydrogen-bond donors (Lipinski definition) is 2. The van der Waals surface area contributed by atoms with Crippen molar-refractivity contribution in [1.29, 1.82) is 0 Å². The fourth-order valence-electron chi connectivity index (χ4n) is 1.79. The van der Waals surface area contributed by atoms with E-state index >= 15 is 0 Å². The van der Waals surface area contributed by atoms with Crippen LogP contribution in [-0.2, 0) is 0 Å². The van der Waals surface area contributed by atoms with E-state index in [2.05, 4.69) is 15.9 Å². The van der Waals surface area contributed by atoms with E-state index in [1.807, 2.05) is 36.4 Å². The van der Waals surface area contributed by atoms with Crippen LogP contribution in [0.4, 0.5) is 0 Å². The van der Waals surface area contributed by atoms with Crippen molar-refractivity contribution in [3.63, 3.8) is 0 Å². The summed E-state index contributed by atoms with van der Waals surface area (Å²) < 4.78 is 0.872. The largest absolute Gasteiger partial charge is 0.386 e. The Bertz CT molecular complexity index is 533. The number of benzene rings is 2. The van der Waals surface area contributed by atoms with Crippen molar-refractivity contribution in [2.75, 3.05) is 0 Å². The molecule has 0 bridgehead atoms. The van der Waals surface area contributed by atoms with E-state index < -0.39 is 12.1 Å². The predicted molar refractivity (Wildman–Crippen MR) is 77.5 cm³/mol. The van der Waals surface area contributed by atoms with Gasteiger partial charge >= 0.3 is 0 Å². The highest BCUT2D eigenvalue weighted by molar-refractivity contribution is 9.10. The molecule has 2 aromatic carbocycles. The highest BCUT2D eigenvalue weighted by atomic mass is 79.9. The number of rotatable bonds is 3. The molecule has 2 nitrogen and oxygen atoms in total. The smallest absolute Gasteiger partial charge is 0.0996 e. The first-order valence-electron chi connectivity index (χ1n) is 5.53. The third-order valence-electron chi connectivity index (χ3n) is 2.81. The summed E-state index contributed by atoms with van der Waals surface area (Å²) in [6, 6.07) is 14.3. The molecule has 0 aliphatic heterocycles. The molecule has 0 aliphatic rings. The lowest BCUT2D eigenvalue weighted by atomic mass is 9.97. The number of halogens is 2. The highest BCUT2D eigenvalue weighted by Crippen LogP contribution is 2.32. The van der Waals surface area contributed by atoms with Gasteiger partial charge in [0.05, 0.1) is 12.1 Å². The molecule has 0 amide bonds. The monoisotopic (exact) mass is 325 g/mol. The lowest BCUT2D eigenvalue weighted by molar-refractivity contribution is 0.147. The normalized spacial score (nSPS) is 14.2. The highest BCUT2D eigenvalue weighted by Gasteiger charge is 2.20. The van der Waals surface area contributed by atoms with Crippen LogP contribution < -0.4 is 5.73 Å². The van der Waals surface area contributed by atoms with E-state index in [1.165, 1.54) is 0 Å². The van der Waals surface area contributed by atoms with Crippen molar-refractivity contribution < 1.29 is 5.11 Å². The van der Waals surface area contributed by atoms with Crippen molar-refractivity contribution in [3.8, 4) is 0 Å². The Hall–Kier alpha value is -0.870. The maximum absolute atomic E-state index is 10.3. The maximum Gasteiger partial charge on any atom is 0.0996 e. The molecule has 3 N–H and O–H groups in total. The Morgan fingerprint density at radius 3 is 2.39 bits per heavy atom. The maximum atomic E-state index is 10.3. The first kappa shape index (κ1) is 13.6. The molecule has 18 heavy (non-hydrogen) atoms. The van der Waals surface area contributed by atoms with Crippen molar-refractivity contribution in [3.05, 3.63) is 69.2 Å². The predicted octanol–water partition coefficient (Wildman–Crippen LogP) is 3.84. The summed E-state index contributed by atoms with van der Waals surface area (Å²) in [4.78, 5) is 0. The summed E-state index contributed by atoms with van der Waals surface area (Å²) in [5.41, 5.74) is 7.57. The second-order valence-corrected chi connectivity index (χ2v) is 5.37. The fraction of sp³-hybridized carbons (Fsp3) is 0.143. The molecule has 0 fully saturated rings. The molecule has 0 heterocycles. The Kier molecular flexibility index (Phi) is 4.40. The van der Waals surface area contributed by atoms with Crippen LogP contribution in [0.2, 0.25) is 5.02 Å².